The zero-order valence-corrected chi connectivity index (χ0v) is 15.0. The molecule has 4 nitrogen and oxygen atoms in total. The first kappa shape index (κ1) is 17.8. The van der Waals surface area contributed by atoms with E-state index in [2.05, 4.69) is 15.9 Å². The topological polar surface area (TPSA) is 52.6 Å². The van der Waals surface area contributed by atoms with E-state index in [4.69, 9.17) is 32.7 Å². The van der Waals surface area contributed by atoms with Gasteiger partial charge < -0.3 is 9.47 Å². The Morgan fingerprint density at radius 3 is 2.65 bits per heavy atom. The summed E-state index contributed by atoms with van der Waals surface area (Å²) in [5.74, 6) is -0.224. The van der Waals surface area contributed by atoms with Crippen LogP contribution < -0.4 is 9.47 Å². The van der Waals surface area contributed by atoms with Crippen LogP contribution in [-0.4, -0.2) is 18.9 Å². The van der Waals surface area contributed by atoms with Crippen molar-refractivity contribution in [1.82, 2.24) is 0 Å². The van der Waals surface area contributed by atoms with Gasteiger partial charge in [-0.1, -0.05) is 29.3 Å². The zero-order chi connectivity index (χ0) is 17.0. The smallest absolute Gasteiger partial charge is 0.349 e. The molecule has 0 N–H and O–H groups in total. The van der Waals surface area contributed by atoms with Crippen LogP contribution in [-0.2, 0) is 4.79 Å². The van der Waals surface area contributed by atoms with Crippen molar-refractivity contribution >= 4 is 51.4 Å². The van der Waals surface area contributed by atoms with E-state index in [-0.39, 0.29) is 28.0 Å². The van der Waals surface area contributed by atoms with Crippen molar-refractivity contribution in [1.29, 1.82) is 0 Å². The Balaban J connectivity index is 2.07. The van der Waals surface area contributed by atoms with E-state index in [0.29, 0.717) is 12.0 Å². The molecule has 0 aromatic heterocycles. The van der Waals surface area contributed by atoms with Crippen molar-refractivity contribution in [2.45, 2.75) is 6.92 Å². The molecule has 23 heavy (non-hydrogen) atoms. The Kier molecular flexibility index (Phi) is 6.04. The van der Waals surface area contributed by atoms with E-state index in [1.165, 1.54) is 12.1 Å². The van der Waals surface area contributed by atoms with Crippen molar-refractivity contribution in [3.63, 3.8) is 0 Å². The zero-order valence-electron chi connectivity index (χ0n) is 11.9. The number of aldehydes is 1. The first-order chi connectivity index (χ1) is 10.9. The Hall–Kier alpha value is -1.56. The molecular formula is C16H11BrCl2O4. The molecule has 0 aliphatic carbocycles. The maximum Gasteiger partial charge on any atom is 0.349 e. The van der Waals surface area contributed by atoms with Crippen LogP contribution in [0.3, 0.4) is 0 Å². The lowest BCUT2D eigenvalue weighted by molar-refractivity contribution is -0.136. The molecule has 0 fully saturated rings. The molecule has 0 aliphatic rings. The van der Waals surface area contributed by atoms with Crippen LogP contribution in [0.4, 0.5) is 0 Å². The van der Waals surface area contributed by atoms with Crippen LogP contribution in [0.5, 0.6) is 11.5 Å². The summed E-state index contributed by atoms with van der Waals surface area (Å²) >= 11 is 15.1. The van der Waals surface area contributed by atoms with Gasteiger partial charge in [0.2, 0.25) is 0 Å². The molecule has 7 heteroatoms. The molecule has 2 aromatic rings. The average molecular weight is 418 g/mol. The van der Waals surface area contributed by atoms with Crippen molar-refractivity contribution in [3.8, 4) is 11.5 Å². The maximum absolute atomic E-state index is 11.9. The third kappa shape index (κ3) is 4.70. The molecule has 0 spiro atoms. The molecule has 0 aliphatic heterocycles. The highest BCUT2D eigenvalue weighted by Crippen LogP contribution is 2.32. The monoisotopic (exact) mass is 416 g/mol. The van der Waals surface area contributed by atoms with E-state index in [1.54, 1.807) is 6.07 Å². The van der Waals surface area contributed by atoms with E-state index >= 15 is 0 Å². The van der Waals surface area contributed by atoms with Gasteiger partial charge in [0.25, 0.3) is 0 Å². The van der Waals surface area contributed by atoms with Crippen LogP contribution >= 0.6 is 39.1 Å². The number of carbonyl (C=O) groups excluding carboxylic acids is 2. The number of carbonyl (C=O) groups is 2. The number of benzene rings is 2. The highest BCUT2D eigenvalue weighted by molar-refractivity contribution is 9.10. The van der Waals surface area contributed by atoms with Gasteiger partial charge in [-0.2, -0.15) is 0 Å². The fourth-order valence-corrected chi connectivity index (χ4v) is 2.93. The number of halogens is 3. The molecule has 2 rings (SSSR count). The number of aryl methyl sites for hydroxylation is 1. The van der Waals surface area contributed by atoms with E-state index in [9.17, 15) is 9.59 Å². The summed E-state index contributed by atoms with van der Waals surface area (Å²) in [6, 6.07) is 8.20. The average Bonchev–Trinajstić information content (AvgIpc) is 2.48. The van der Waals surface area contributed by atoms with Gasteiger partial charge in [-0.15, -0.1) is 0 Å². The highest BCUT2D eigenvalue weighted by atomic mass is 79.9. The normalized spacial score (nSPS) is 10.3. The Labute approximate surface area is 151 Å². The first-order valence-electron chi connectivity index (χ1n) is 6.44. The predicted octanol–water partition coefficient (Wildman–Crippen LogP) is 4.86. The molecule has 0 saturated heterocycles. The van der Waals surface area contributed by atoms with Crippen LogP contribution in [0.2, 0.25) is 10.0 Å². The van der Waals surface area contributed by atoms with Crippen LogP contribution in [0.1, 0.15) is 15.9 Å². The van der Waals surface area contributed by atoms with Gasteiger partial charge in [-0.3, -0.25) is 4.79 Å². The first-order valence-corrected chi connectivity index (χ1v) is 7.99. The molecule has 0 saturated carbocycles. The summed E-state index contributed by atoms with van der Waals surface area (Å²) in [7, 11) is 0. The second-order valence-electron chi connectivity index (χ2n) is 4.62. The van der Waals surface area contributed by atoms with Gasteiger partial charge in [-0.05, 0) is 52.7 Å². The summed E-state index contributed by atoms with van der Waals surface area (Å²) in [5.41, 5.74) is 1.14. The molecule has 0 bridgehead atoms. The number of hydrogen-bond acceptors (Lipinski definition) is 4. The van der Waals surface area contributed by atoms with Gasteiger partial charge >= 0.3 is 5.97 Å². The summed E-state index contributed by atoms with van der Waals surface area (Å²) in [6.07, 6.45) is 0.512. The van der Waals surface area contributed by atoms with Crippen LogP contribution in [0.15, 0.2) is 34.8 Å². The van der Waals surface area contributed by atoms with E-state index in [0.717, 1.165) is 10.0 Å². The lowest BCUT2D eigenvalue weighted by Crippen LogP contribution is -2.18. The molecule has 0 unspecified atom stereocenters. The predicted molar refractivity (Wildman–Crippen MR) is 91.9 cm³/mol. The molecule has 0 atom stereocenters. The maximum atomic E-state index is 11.9. The molecule has 0 heterocycles. The number of rotatable bonds is 5. The lowest BCUT2D eigenvalue weighted by atomic mass is 10.2. The van der Waals surface area contributed by atoms with Gasteiger partial charge in [0.1, 0.15) is 5.75 Å². The lowest BCUT2D eigenvalue weighted by Gasteiger charge is -2.11. The number of hydrogen-bond donors (Lipinski definition) is 0. The van der Waals surface area contributed by atoms with Crippen molar-refractivity contribution in [2.75, 3.05) is 6.61 Å². The van der Waals surface area contributed by atoms with E-state index < -0.39 is 5.97 Å². The quantitative estimate of drug-likeness (QED) is 0.396. The standard InChI is InChI=1S/C16H11BrCl2O4/c1-9-2-3-14(12(17)4-9)22-8-15(21)23-16-10(7-20)5-11(18)6-13(16)19/h2-7H,8H2,1H3. The summed E-state index contributed by atoms with van der Waals surface area (Å²) < 4.78 is 11.2. The van der Waals surface area contributed by atoms with Gasteiger partial charge in [0.15, 0.2) is 18.6 Å². The van der Waals surface area contributed by atoms with Gasteiger partial charge in [-0.25, -0.2) is 4.79 Å². The van der Waals surface area contributed by atoms with Gasteiger partial charge in [0.05, 0.1) is 15.1 Å². The molecule has 0 radical (unpaired) electrons. The minimum Gasteiger partial charge on any atom is -0.481 e. The Morgan fingerprint density at radius 2 is 2.00 bits per heavy atom. The summed E-state index contributed by atoms with van der Waals surface area (Å²) in [4.78, 5) is 22.9. The van der Waals surface area contributed by atoms with Crippen molar-refractivity contribution in [3.05, 3.63) is 56.0 Å². The fourth-order valence-electron chi connectivity index (χ4n) is 1.78. The summed E-state index contributed by atoms with van der Waals surface area (Å²) in [6.45, 7) is 1.60. The number of esters is 1. The van der Waals surface area contributed by atoms with Crippen LogP contribution in [0, 0.1) is 6.92 Å². The van der Waals surface area contributed by atoms with Crippen molar-refractivity contribution in [2.24, 2.45) is 0 Å². The SMILES string of the molecule is Cc1ccc(OCC(=O)Oc2c(Cl)cc(Cl)cc2C=O)c(Br)c1. The minimum atomic E-state index is -0.690. The van der Waals surface area contributed by atoms with Gasteiger partial charge in [0, 0.05) is 5.02 Å². The van der Waals surface area contributed by atoms with Crippen molar-refractivity contribution < 1.29 is 19.1 Å². The fraction of sp³-hybridized carbons (Fsp3) is 0.125. The van der Waals surface area contributed by atoms with E-state index in [1.807, 2.05) is 19.1 Å². The molecular weight excluding hydrogens is 407 g/mol. The Morgan fingerprint density at radius 1 is 1.26 bits per heavy atom. The Bertz CT molecular complexity index is 762. The number of ether oxygens (including phenoxy) is 2. The largest absolute Gasteiger partial charge is 0.481 e. The molecule has 0 amide bonds. The summed E-state index contributed by atoms with van der Waals surface area (Å²) in [5, 5.41) is 0.348. The third-order valence-corrected chi connectivity index (χ3v) is 3.93. The van der Waals surface area contributed by atoms with Crippen LogP contribution in [0.25, 0.3) is 0 Å². The minimum absolute atomic E-state index is 0.0392. The highest BCUT2D eigenvalue weighted by Gasteiger charge is 2.15. The molecule has 120 valence electrons. The second kappa shape index (κ2) is 7.81. The second-order valence-corrected chi connectivity index (χ2v) is 6.32. The molecule has 2 aromatic carbocycles. The third-order valence-electron chi connectivity index (χ3n) is 2.81.